The molecule has 0 radical (unpaired) electrons. The van der Waals surface area contributed by atoms with Crippen LogP contribution in [-0.4, -0.2) is 14.9 Å². The molecule has 1 N–H and O–H groups in total. The van der Waals surface area contributed by atoms with Crippen molar-refractivity contribution in [1.29, 1.82) is 0 Å². The van der Waals surface area contributed by atoms with Gasteiger partial charge in [0.05, 0.1) is 10.6 Å². The Kier molecular flexibility index (Phi) is 1.82. The molecule has 1 rings (SSSR count). The first-order valence-electron chi connectivity index (χ1n) is 3.09. The van der Waals surface area contributed by atoms with Crippen LogP contribution in [0, 0.1) is 17.0 Å². The van der Waals surface area contributed by atoms with Gasteiger partial charge in [-0.3, -0.25) is 14.9 Å². The van der Waals surface area contributed by atoms with Gasteiger partial charge in [-0.2, -0.15) is 4.73 Å². The maximum absolute atomic E-state index is 10.9. The number of nitrogens with zero attached hydrogens (tertiary/aromatic N) is 2. The van der Waals surface area contributed by atoms with E-state index in [1.807, 2.05) is 0 Å². The maximum Gasteiger partial charge on any atom is 0.335 e. The second-order valence-electron chi connectivity index (χ2n) is 2.27. The van der Waals surface area contributed by atoms with Crippen LogP contribution in [0.15, 0.2) is 17.1 Å². The molecule has 0 aromatic carbocycles. The number of hydrogen-bond acceptors (Lipinski definition) is 4. The molecule has 1 heterocycles. The van der Waals surface area contributed by atoms with Crippen LogP contribution in [0.25, 0.3) is 0 Å². The average Bonchev–Trinajstić information content (AvgIpc) is 1.96. The van der Waals surface area contributed by atoms with E-state index in [2.05, 4.69) is 0 Å². The molecule has 1 aromatic rings. The highest BCUT2D eigenvalue weighted by atomic mass is 16.6. The molecule has 0 saturated heterocycles. The monoisotopic (exact) mass is 170 g/mol. The number of aryl methyl sites for hydroxylation is 1. The predicted octanol–water partition coefficient (Wildman–Crippen LogP) is 0.302. The molecular weight excluding hydrogens is 164 g/mol. The van der Waals surface area contributed by atoms with Crippen molar-refractivity contribution in [3.05, 3.63) is 38.3 Å². The van der Waals surface area contributed by atoms with Crippen LogP contribution in [0.5, 0.6) is 0 Å². The Hall–Kier alpha value is -1.85. The van der Waals surface area contributed by atoms with E-state index in [1.165, 1.54) is 6.92 Å². The van der Waals surface area contributed by atoms with E-state index in [0.29, 0.717) is 4.73 Å². The fourth-order valence-corrected chi connectivity index (χ4v) is 0.748. The standard InChI is InChI=1S/C6H6N2O4/c1-4-2-6(9)5(8(11)12)3-7(4)10/h2-3,10H,1H3. The molecule has 0 saturated carbocycles. The molecule has 1 aromatic heterocycles. The van der Waals surface area contributed by atoms with Crippen LogP contribution in [0.3, 0.4) is 0 Å². The third-order valence-electron chi connectivity index (χ3n) is 1.40. The van der Waals surface area contributed by atoms with Crippen LogP contribution in [0.4, 0.5) is 5.69 Å². The van der Waals surface area contributed by atoms with Crippen LogP contribution in [0.1, 0.15) is 5.69 Å². The summed E-state index contributed by atoms with van der Waals surface area (Å²) < 4.78 is 0.541. The summed E-state index contributed by atoms with van der Waals surface area (Å²) in [6.45, 7) is 1.46. The molecule has 0 bridgehead atoms. The molecular formula is C6H6N2O4. The number of pyridine rings is 1. The van der Waals surface area contributed by atoms with Crippen molar-refractivity contribution in [3.8, 4) is 0 Å². The van der Waals surface area contributed by atoms with Crippen molar-refractivity contribution in [1.82, 2.24) is 4.73 Å². The summed E-state index contributed by atoms with van der Waals surface area (Å²) in [6.07, 6.45) is 0.775. The first-order chi connectivity index (χ1) is 5.52. The van der Waals surface area contributed by atoms with E-state index >= 15 is 0 Å². The Bertz CT molecular complexity index is 382. The zero-order chi connectivity index (χ0) is 9.30. The lowest BCUT2D eigenvalue weighted by molar-refractivity contribution is -0.386. The van der Waals surface area contributed by atoms with Gasteiger partial charge in [0.2, 0.25) is 0 Å². The van der Waals surface area contributed by atoms with E-state index in [4.69, 9.17) is 5.21 Å². The molecule has 6 nitrogen and oxygen atoms in total. The minimum Gasteiger partial charge on any atom is -0.429 e. The van der Waals surface area contributed by atoms with Gasteiger partial charge in [-0.05, 0) is 6.92 Å². The number of hydrogen-bond donors (Lipinski definition) is 1. The second kappa shape index (κ2) is 2.65. The van der Waals surface area contributed by atoms with Crippen LogP contribution >= 0.6 is 0 Å². The quantitative estimate of drug-likeness (QED) is 0.373. The predicted molar refractivity (Wildman–Crippen MR) is 39.3 cm³/mol. The number of nitro groups is 1. The summed E-state index contributed by atoms with van der Waals surface area (Å²) >= 11 is 0. The van der Waals surface area contributed by atoms with Gasteiger partial charge in [0.15, 0.2) is 0 Å². The molecule has 0 amide bonds. The third kappa shape index (κ3) is 1.26. The minimum atomic E-state index is -0.839. The lowest BCUT2D eigenvalue weighted by Crippen LogP contribution is -2.12. The van der Waals surface area contributed by atoms with Crippen LogP contribution < -0.4 is 5.43 Å². The molecule has 0 aliphatic carbocycles. The summed E-state index contributed by atoms with van der Waals surface area (Å²) in [4.78, 5) is 20.2. The van der Waals surface area contributed by atoms with Gasteiger partial charge in [0.1, 0.15) is 6.20 Å². The van der Waals surface area contributed by atoms with Crippen molar-refractivity contribution >= 4 is 5.69 Å². The zero-order valence-corrected chi connectivity index (χ0v) is 6.22. The normalized spacial score (nSPS) is 9.75. The van der Waals surface area contributed by atoms with E-state index in [0.717, 1.165) is 12.3 Å². The summed E-state index contributed by atoms with van der Waals surface area (Å²) in [5.74, 6) is 0. The van der Waals surface area contributed by atoms with Gasteiger partial charge in [-0.1, -0.05) is 0 Å². The third-order valence-corrected chi connectivity index (χ3v) is 1.40. The van der Waals surface area contributed by atoms with Gasteiger partial charge in [0.25, 0.3) is 5.43 Å². The minimum absolute atomic E-state index is 0.255. The number of rotatable bonds is 1. The Labute approximate surface area is 66.8 Å². The SMILES string of the molecule is Cc1cc(=O)c([N+](=O)[O-])cn1O. The van der Waals surface area contributed by atoms with Crippen molar-refractivity contribution < 1.29 is 10.1 Å². The molecule has 12 heavy (non-hydrogen) atoms. The Morgan fingerprint density at radius 3 is 2.75 bits per heavy atom. The van der Waals surface area contributed by atoms with Crippen molar-refractivity contribution in [3.63, 3.8) is 0 Å². The largest absolute Gasteiger partial charge is 0.429 e. The van der Waals surface area contributed by atoms with Crippen LogP contribution in [0.2, 0.25) is 0 Å². The van der Waals surface area contributed by atoms with Crippen molar-refractivity contribution in [2.45, 2.75) is 6.92 Å². The van der Waals surface area contributed by atoms with E-state index in [9.17, 15) is 14.9 Å². The number of aromatic nitrogens is 1. The lowest BCUT2D eigenvalue weighted by atomic mass is 10.3. The topological polar surface area (TPSA) is 85.4 Å². The second-order valence-corrected chi connectivity index (χ2v) is 2.27. The fourth-order valence-electron chi connectivity index (χ4n) is 0.748. The first kappa shape index (κ1) is 8.25. The van der Waals surface area contributed by atoms with Gasteiger partial charge in [-0.25, -0.2) is 0 Å². The Morgan fingerprint density at radius 1 is 1.67 bits per heavy atom. The van der Waals surface area contributed by atoms with Crippen LogP contribution in [-0.2, 0) is 0 Å². The van der Waals surface area contributed by atoms with Crippen molar-refractivity contribution in [2.75, 3.05) is 0 Å². The molecule has 0 spiro atoms. The fraction of sp³-hybridized carbons (Fsp3) is 0.167. The molecule has 0 atom stereocenters. The van der Waals surface area contributed by atoms with E-state index in [1.54, 1.807) is 0 Å². The smallest absolute Gasteiger partial charge is 0.335 e. The Balaban J connectivity index is 3.43. The van der Waals surface area contributed by atoms with E-state index in [-0.39, 0.29) is 5.69 Å². The average molecular weight is 170 g/mol. The van der Waals surface area contributed by atoms with Gasteiger partial charge in [-0.15, -0.1) is 0 Å². The summed E-state index contributed by atoms with van der Waals surface area (Å²) in [7, 11) is 0. The first-order valence-corrected chi connectivity index (χ1v) is 3.09. The summed E-state index contributed by atoms with van der Waals surface area (Å²) in [6, 6.07) is 0.998. The Morgan fingerprint density at radius 2 is 2.25 bits per heavy atom. The van der Waals surface area contributed by atoms with Crippen molar-refractivity contribution in [2.24, 2.45) is 0 Å². The molecule has 64 valence electrons. The highest BCUT2D eigenvalue weighted by Gasteiger charge is 2.12. The summed E-state index contributed by atoms with van der Waals surface area (Å²) in [5, 5.41) is 19.1. The molecule has 0 aliphatic heterocycles. The highest BCUT2D eigenvalue weighted by Crippen LogP contribution is 2.03. The summed E-state index contributed by atoms with van der Waals surface area (Å²) in [5.41, 5.74) is -1.09. The van der Waals surface area contributed by atoms with Gasteiger partial charge < -0.3 is 5.21 Å². The molecule has 6 heteroatoms. The molecule has 0 unspecified atom stereocenters. The highest BCUT2D eigenvalue weighted by molar-refractivity contribution is 5.27. The molecule has 0 aliphatic rings. The molecule has 0 fully saturated rings. The lowest BCUT2D eigenvalue weighted by Gasteiger charge is -1.99. The van der Waals surface area contributed by atoms with Gasteiger partial charge >= 0.3 is 5.69 Å². The zero-order valence-electron chi connectivity index (χ0n) is 6.22. The van der Waals surface area contributed by atoms with E-state index < -0.39 is 16.0 Å². The van der Waals surface area contributed by atoms with Gasteiger partial charge in [0, 0.05) is 6.07 Å². The maximum atomic E-state index is 10.9.